The second-order valence-corrected chi connectivity index (χ2v) is 7.44. The Hall–Kier alpha value is -1.96. The molecule has 0 saturated heterocycles. The average molecular weight is 293 g/mol. The summed E-state index contributed by atoms with van der Waals surface area (Å²) >= 11 is 0. The van der Waals surface area contributed by atoms with Gasteiger partial charge in [-0.3, -0.25) is 0 Å². The van der Waals surface area contributed by atoms with Crippen molar-refractivity contribution < 1.29 is 4.74 Å². The highest BCUT2D eigenvalue weighted by Gasteiger charge is 2.58. The Bertz CT molecular complexity index is 777. The van der Waals surface area contributed by atoms with Gasteiger partial charge in [0.25, 0.3) is 0 Å². The number of hydrogen-bond donors (Lipinski definition) is 1. The lowest BCUT2D eigenvalue weighted by Gasteiger charge is -2.33. The van der Waals surface area contributed by atoms with Crippen molar-refractivity contribution in [3.05, 3.63) is 58.7 Å². The minimum absolute atomic E-state index is 0.0421. The third kappa shape index (κ3) is 1.45. The maximum absolute atomic E-state index is 5.52. The van der Waals surface area contributed by atoms with Gasteiger partial charge >= 0.3 is 0 Å². The maximum atomic E-state index is 5.52. The topological polar surface area (TPSA) is 21.3 Å². The minimum Gasteiger partial charge on any atom is -0.497 e. The first kappa shape index (κ1) is 13.7. The van der Waals surface area contributed by atoms with Gasteiger partial charge in [0.2, 0.25) is 0 Å². The zero-order chi connectivity index (χ0) is 15.7. The van der Waals surface area contributed by atoms with E-state index in [0.717, 1.165) is 5.75 Å². The second kappa shape index (κ2) is 4.07. The molecule has 0 aromatic heterocycles. The summed E-state index contributed by atoms with van der Waals surface area (Å²) in [6, 6.07) is 13.2. The van der Waals surface area contributed by atoms with Crippen LogP contribution in [0, 0.1) is 6.92 Å². The fourth-order valence-electron chi connectivity index (χ4n) is 4.93. The van der Waals surface area contributed by atoms with Crippen molar-refractivity contribution in [2.75, 3.05) is 12.4 Å². The fourth-order valence-corrected chi connectivity index (χ4v) is 4.93. The van der Waals surface area contributed by atoms with Gasteiger partial charge in [-0.25, -0.2) is 0 Å². The highest BCUT2D eigenvalue weighted by Crippen LogP contribution is 2.64. The molecule has 0 amide bonds. The van der Waals surface area contributed by atoms with Gasteiger partial charge in [-0.2, -0.15) is 0 Å². The molecule has 2 heteroatoms. The van der Waals surface area contributed by atoms with E-state index in [4.69, 9.17) is 4.74 Å². The fraction of sp³-hybridized carbons (Fsp3) is 0.400. The average Bonchev–Trinajstić information content (AvgIpc) is 2.89. The summed E-state index contributed by atoms with van der Waals surface area (Å²) in [6.07, 6.45) is 0. The minimum atomic E-state index is -0.0421. The Morgan fingerprint density at radius 1 is 1.05 bits per heavy atom. The third-order valence-corrected chi connectivity index (χ3v) is 5.75. The van der Waals surface area contributed by atoms with Crippen molar-refractivity contribution in [2.45, 2.75) is 44.6 Å². The van der Waals surface area contributed by atoms with Gasteiger partial charge in [-0.1, -0.05) is 38.1 Å². The van der Waals surface area contributed by atoms with Crippen LogP contribution in [0.5, 0.6) is 5.75 Å². The Kier molecular flexibility index (Phi) is 2.53. The zero-order valence-electron chi connectivity index (χ0n) is 13.9. The number of methoxy groups -OCH3 is 1. The van der Waals surface area contributed by atoms with Crippen molar-refractivity contribution in [1.82, 2.24) is 0 Å². The molecule has 0 fully saturated rings. The van der Waals surface area contributed by atoms with Gasteiger partial charge in [-0.15, -0.1) is 0 Å². The van der Waals surface area contributed by atoms with E-state index in [9.17, 15) is 0 Å². The number of ether oxygens (including phenoxy) is 1. The monoisotopic (exact) mass is 293 g/mol. The van der Waals surface area contributed by atoms with Crippen LogP contribution < -0.4 is 10.1 Å². The molecule has 2 aliphatic rings. The first-order valence-electron chi connectivity index (χ1n) is 7.96. The van der Waals surface area contributed by atoms with E-state index in [2.05, 4.69) is 69.4 Å². The number of fused-ring (bicyclic) bond motifs is 5. The summed E-state index contributed by atoms with van der Waals surface area (Å²) in [7, 11) is 1.75. The summed E-state index contributed by atoms with van der Waals surface area (Å²) in [4.78, 5) is 0. The number of benzene rings is 2. The van der Waals surface area contributed by atoms with Gasteiger partial charge in [0.1, 0.15) is 5.75 Å². The Labute approximate surface area is 132 Å². The standard InChI is InChI=1S/C20H23NO/c1-12-10-13(22-5)11-14-17(12)21-20(4)16-9-7-6-8-15(16)19(2,3)18(14)20/h6-11,18,21H,1-5H3. The SMILES string of the molecule is COc1cc(C)c2c(c1)C1C(C)(C)c3ccccc3C1(C)N2. The zero-order valence-corrected chi connectivity index (χ0v) is 13.9. The molecule has 2 nitrogen and oxygen atoms in total. The van der Waals surface area contributed by atoms with E-state index in [1.807, 2.05) is 0 Å². The number of hydrogen-bond acceptors (Lipinski definition) is 2. The molecule has 1 aliphatic carbocycles. The second-order valence-electron chi connectivity index (χ2n) is 7.44. The molecule has 114 valence electrons. The lowest BCUT2D eigenvalue weighted by atomic mass is 9.71. The van der Waals surface area contributed by atoms with Crippen LogP contribution in [0.2, 0.25) is 0 Å². The maximum Gasteiger partial charge on any atom is 0.119 e. The first-order chi connectivity index (χ1) is 10.4. The molecule has 4 rings (SSSR count). The molecule has 2 atom stereocenters. The van der Waals surface area contributed by atoms with Gasteiger partial charge < -0.3 is 10.1 Å². The summed E-state index contributed by atoms with van der Waals surface area (Å²) < 4.78 is 5.52. The molecular weight excluding hydrogens is 270 g/mol. The van der Waals surface area contributed by atoms with Crippen LogP contribution in [0.3, 0.4) is 0 Å². The van der Waals surface area contributed by atoms with Gasteiger partial charge in [0.15, 0.2) is 0 Å². The lowest BCUT2D eigenvalue weighted by Crippen LogP contribution is -2.34. The quantitative estimate of drug-likeness (QED) is 0.821. The number of aryl methyl sites for hydroxylation is 1. The summed E-state index contributed by atoms with van der Waals surface area (Å²) in [6.45, 7) is 9.25. The van der Waals surface area contributed by atoms with Crippen LogP contribution in [-0.2, 0) is 11.0 Å². The molecule has 0 saturated carbocycles. The first-order valence-corrected chi connectivity index (χ1v) is 7.96. The lowest BCUT2D eigenvalue weighted by molar-refractivity contribution is 0.355. The summed E-state index contributed by atoms with van der Waals surface area (Å²) in [5.74, 6) is 1.37. The van der Waals surface area contributed by atoms with Gasteiger partial charge in [0.05, 0.1) is 12.6 Å². The van der Waals surface area contributed by atoms with Crippen LogP contribution in [-0.4, -0.2) is 7.11 Å². The molecule has 0 bridgehead atoms. The van der Waals surface area contributed by atoms with Crippen LogP contribution in [0.1, 0.15) is 48.9 Å². The van der Waals surface area contributed by atoms with Crippen LogP contribution in [0.15, 0.2) is 36.4 Å². The molecule has 2 unspecified atom stereocenters. The molecule has 1 heterocycles. The van der Waals surface area contributed by atoms with E-state index in [1.54, 1.807) is 7.11 Å². The van der Waals surface area contributed by atoms with Crippen molar-refractivity contribution in [3.8, 4) is 5.75 Å². The molecule has 2 aromatic carbocycles. The molecule has 22 heavy (non-hydrogen) atoms. The van der Waals surface area contributed by atoms with Crippen LogP contribution >= 0.6 is 0 Å². The summed E-state index contributed by atoms with van der Waals surface area (Å²) in [5, 5.41) is 3.85. The number of nitrogens with one attached hydrogen (secondary N) is 1. The van der Waals surface area contributed by atoms with E-state index >= 15 is 0 Å². The highest BCUT2D eigenvalue weighted by atomic mass is 16.5. The Morgan fingerprint density at radius 3 is 2.41 bits per heavy atom. The molecule has 0 radical (unpaired) electrons. The molecule has 0 spiro atoms. The van der Waals surface area contributed by atoms with Crippen LogP contribution in [0.25, 0.3) is 0 Å². The Morgan fingerprint density at radius 2 is 1.73 bits per heavy atom. The largest absolute Gasteiger partial charge is 0.497 e. The van der Waals surface area contributed by atoms with Crippen molar-refractivity contribution >= 4 is 5.69 Å². The van der Waals surface area contributed by atoms with E-state index < -0.39 is 0 Å². The predicted octanol–water partition coefficient (Wildman–Crippen LogP) is 4.72. The van der Waals surface area contributed by atoms with Gasteiger partial charge in [-0.05, 0) is 53.6 Å². The van der Waals surface area contributed by atoms with E-state index in [-0.39, 0.29) is 11.0 Å². The molecule has 2 aromatic rings. The Balaban J connectivity index is 2.00. The molecule has 1 N–H and O–H groups in total. The van der Waals surface area contributed by atoms with Crippen LogP contribution in [0.4, 0.5) is 5.69 Å². The summed E-state index contributed by atoms with van der Waals surface area (Å²) in [5.41, 5.74) is 6.89. The molecule has 1 aliphatic heterocycles. The van der Waals surface area contributed by atoms with Crippen molar-refractivity contribution in [3.63, 3.8) is 0 Å². The third-order valence-electron chi connectivity index (χ3n) is 5.75. The van der Waals surface area contributed by atoms with Gasteiger partial charge in [0, 0.05) is 11.6 Å². The van der Waals surface area contributed by atoms with Crippen molar-refractivity contribution in [2.24, 2.45) is 0 Å². The highest BCUT2D eigenvalue weighted by molar-refractivity contribution is 5.73. The van der Waals surface area contributed by atoms with E-state index in [1.165, 1.54) is 27.9 Å². The van der Waals surface area contributed by atoms with E-state index in [0.29, 0.717) is 5.92 Å². The number of rotatable bonds is 1. The molecular formula is C20H23NO. The number of anilines is 1. The predicted molar refractivity (Wildman–Crippen MR) is 90.9 cm³/mol. The normalized spacial score (nSPS) is 26.9. The smallest absolute Gasteiger partial charge is 0.119 e. The van der Waals surface area contributed by atoms with Crippen molar-refractivity contribution in [1.29, 1.82) is 0 Å².